The molecule has 0 saturated carbocycles. The van der Waals surface area contributed by atoms with Crippen molar-refractivity contribution in [3.05, 3.63) is 80.0 Å². The Labute approximate surface area is 229 Å². The summed E-state index contributed by atoms with van der Waals surface area (Å²) in [4.78, 5) is 35.8. The van der Waals surface area contributed by atoms with E-state index < -0.39 is 17.5 Å². The highest BCUT2D eigenvalue weighted by Crippen LogP contribution is 2.43. The van der Waals surface area contributed by atoms with Gasteiger partial charge in [0.25, 0.3) is 11.5 Å². The summed E-state index contributed by atoms with van der Waals surface area (Å²) in [5.41, 5.74) is 1.94. The van der Waals surface area contributed by atoms with Crippen molar-refractivity contribution in [2.75, 3.05) is 24.4 Å². The Bertz CT molecular complexity index is 1470. The first kappa shape index (κ1) is 27.2. The molecule has 0 radical (unpaired) electrons. The monoisotopic (exact) mass is 556 g/mol. The van der Waals surface area contributed by atoms with Crippen molar-refractivity contribution in [2.24, 2.45) is 13.0 Å². The third-order valence-corrected chi connectivity index (χ3v) is 6.59. The summed E-state index contributed by atoms with van der Waals surface area (Å²) < 4.78 is 11.8. The van der Waals surface area contributed by atoms with Crippen LogP contribution >= 0.6 is 23.2 Å². The van der Waals surface area contributed by atoms with Crippen LogP contribution in [0.2, 0.25) is 10.0 Å². The zero-order valence-electron chi connectivity index (χ0n) is 21.4. The molecule has 2 aromatic heterocycles. The molecule has 1 aliphatic heterocycles. The van der Waals surface area contributed by atoms with E-state index in [0.717, 1.165) is 0 Å². The molecule has 198 valence electrons. The molecule has 1 aromatic carbocycles. The maximum Gasteiger partial charge on any atom is 0.319 e. The quantitative estimate of drug-likeness (QED) is 0.434. The van der Waals surface area contributed by atoms with Crippen LogP contribution in [0, 0.1) is 11.3 Å². The van der Waals surface area contributed by atoms with Crippen LogP contribution in [0.1, 0.15) is 25.5 Å². The lowest BCUT2D eigenvalue weighted by molar-refractivity contribution is -0.112. The van der Waals surface area contributed by atoms with E-state index in [0.29, 0.717) is 33.2 Å². The van der Waals surface area contributed by atoms with Crippen LogP contribution < -0.4 is 25.2 Å². The fourth-order valence-corrected chi connectivity index (χ4v) is 4.64. The maximum absolute atomic E-state index is 13.7. The molecule has 1 aliphatic rings. The third kappa shape index (κ3) is 4.97. The number of aromatic nitrogens is 3. The van der Waals surface area contributed by atoms with Crippen molar-refractivity contribution >= 4 is 46.2 Å². The second-order valence-corrected chi connectivity index (χ2v) is 9.70. The van der Waals surface area contributed by atoms with Crippen molar-refractivity contribution in [2.45, 2.75) is 19.9 Å². The zero-order chi connectivity index (χ0) is 27.7. The number of anilines is 2. The number of amides is 1. The summed E-state index contributed by atoms with van der Waals surface area (Å²) in [7, 11) is 4.47. The Morgan fingerprint density at radius 3 is 2.39 bits per heavy atom. The summed E-state index contributed by atoms with van der Waals surface area (Å²) >= 11 is 12.4. The molecule has 4 rings (SSSR count). The molecule has 1 saturated heterocycles. The molecular weight excluding hydrogens is 531 g/mol. The second kappa shape index (κ2) is 10.8. The lowest BCUT2D eigenvalue weighted by Crippen LogP contribution is -2.31. The number of allylic oxidation sites excluding steroid dienone is 1. The number of ether oxygens (including phenoxy) is 2. The number of benzene rings is 1. The highest BCUT2D eigenvalue weighted by molar-refractivity contribution is 6.52. The molecule has 1 fully saturated rings. The third-order valence-electron chi connectivity index (χ3n) is 6.07. The van der Waals surface area contributed by atoms with Crippen molar-refractivity contribution in [3.63, 3.8) is 0 Å². The van der Waals surface area contributed by atoms with E-state index in [2.05, 4.69) is 15.3 Å². The summed E-state index contributed by atoms with van der Waals surface area (Å²) in [6.07, 6.45) is 3.03. The number of hydrogen-bond acceptors (Lipinski definition) is 8. The molecule has 0 aliphatic carbocycles. The number of nitrogens with one attached hydrogen (secondary N) is 2. The van der Waals surface area contributed by atoms with Crippen LogP contribution in [0.15, 0.2) is 58.8 Å². The van der Waals surface area contributed by atoms with Crippen molar-refractivity contribution < 1.29 is 14.3 Å². The molecule has 3 aromatic rings. The van der Waals surface area contributed by atoms with E-state index in [1.807, 2.05) is 13.8 Å². The van der Waals surface area contributed by atoms with Gasteiger partial charge in [-0.25, -0.2) is 4.98 Å². The van der Waals surface area contributed by atoms with Gasteiger partial charge in [-0.05, 0) is 29.7 Å². The van der Waals surface area contributed by atoms with Gasteiger partial charge in [0.1, 0.15) is 16.4 Å². The standard InChI is InChI=1S/C26H26Cl2N6O4/c1-13(2)21(31-18-11-30-26(38-5)32-23(18)37-4)19-20(29)25(36)34(16-10-17(28)24(35)33(3)12-16)22(19)14-6-8-15(27)9-7-14/h6-13,22,29,31H,1-5H3/b21-19+,29-20?/t22-/m0/s1. The minimum absolute atomic E-state index is 0.0426. The first-order chi connectivity index (χ1) is 18.1. The summed E-state index contributed by atoms with van der Waals surface area (Å²) in [5, 5.41) is 12.7. The van der Waals surface area contributed by atoms with Gasteiger partial charge >= 0.3 is 6.01 Å². The molecule has 10 nitrogen and oxygen atoms in total. The SMILES string of the molecule is COc1ncc(N/C(=C2\C(=N)C(=O)N(c3cc(Cl)c(=O)n(C)c3)[C@H]2c2ccc(Cl)cc2)C(C)C)c(OC)n1. The molecule has 0 spiro atoms. The van der Waals surface area contributed by atoms with Gasteiger partial charge in [0.2, 0.25) is 5.88 Å². The number of pyridine rings is 1. The Kier molecular flexibility index (Phi) is 7.75. The lowest BCUT2D eigenvalue weighted by Gasteiger charge is -2.28. The Morgan fingerprint density at radius 2 is 1.82 bits per heavy atom. The normalized spacial score (nSPS) is 16.7. The average Bonchev–Trinajstić information content (AvgIpc) is 3.15. The van der Waals surface area contributed by atoms with Gasteiger partial charge in [0.05, 0.1) is 32.1 Å². The molecule has 0 bridgehead atoms. The number of nitrogens with zero attached hydrogens (tertiary/aromatic N) is 4. The molecule has 1 atom stereocenters. The van der Waals surface area contributed by atoms with Gasteiger partial charge in [0, 0.05) is 29.5 Å². The number of methoxy groups -OCH3 is 2. The van der Waals surface area contributed by atoms with E-state index in [4.69, 9.17) is 38.1 Å². The highest BCUT2D eigenvalue weighted by Gasteiger charge is 2.44. The van der Waals surface area contributed by atoms with E-state index in [-0.39, 0.29) is 28.5 Å². The molecule has 12 heteroatoms. The van der Waals surface area contributed by atoms with Crippen molar-refractivity contribution in [3.8, 4) is 11.9 Å². The van der Waals surface area contributed by atoms with E-state index >= 15 is 0 Å². The zero-order valence-corrected chi connectivity index (χ0v) is 22.9. The van der Waals surface area contributed by atoms with Crippen LogP contribution in [0.3, 0.4) is 0 Å². The number of carbonyl (C=O) groups is 1. The van der Waals surface area contributed by atoms with Crippen LogP contribution in [-0.4, -0.2) is 40.4 Å². The predicted octanol–water partition coefficient (Wildman–Crippen LogP) is 4.63. The predicted molar refractivity (Wildman–Crippen MR) is 147 cm³/mol. The minimum Gasteiger partial charge on any atom is -0.479 e. The fourth-order valence-electron chi connectivity index (χ4n) is 4.27. The van der Waals surface area contributed by atoms with Crippen LogP contribution in [0.5, 0.6) is 11.9 Å². The van der Waals surface area contributed by atoms with Crippen molar-refractivity contribution in [1.29, 1.82) is 5.41 Å². The number of carbonyl (C=O) groups excluding carboxylic acids is 1. The van der Waals surface area contributed by atoms with Crippen LogP contribution in [0.4, 0.5) is 11.4 Å². The van der Waals surface area contributed by atoms with E-state index in [1.165, 1.54) is 42.1 Å². The molecule has 0 unspecified atom stereocenters. The van der Waals surface area contributed by atoms with Crippen molar-refractivity contribution in [1.82, 2.24) is 14.5 Å². The first-order valence-electron chi connectivity index (χ1n) is 11.6. The molecular formula is C26H26Cl2N6O4. The Hall–Kier alpha value is -3.89. The van der Waals surface area contributed by atoms with E-state index in [1.54, 1.807) is 31.3 Å². The van der Waals surface area contributed by atoms with E-state index in [9.17, 15) is 9.59 Å². The summed E-state index contributed by atoms with van der Waals surface area (Å²) in [5.74, 6) is -0.479. The number of aryl methyl sites for hydroxylation is 1. The smallest absolute Gasteiger partial charge is 0.319 e. The van der Waals surface area contributed by atoms with Crippen LogP contribution in [0.25, 0.3) is 0 Å². The summed E-state index contributed by atoms with van der Waals surface area (Å²) in [6, 6.07) is 7.87. The van der Waals surface area contributed by atoms with Gasteiger partial charge < -0.3 is 19.4 Å². The number of rotatable bonds is 7. The fraction of sp³-hybridized carbons (Fsp3) is 0.269. The highest BCUT2D eigenvalue weighted by atomic mass is 35.5. The molecule has 38 heavy (non-hydrogen) atoms. The van der Waals surface area contributed by atoms with Gasteiger partial charge in [-0.2, -0.15) is 4.98 Å². The lowest BCUT2D eigenvalue weighted by atomic mass is 9.92. The molecule has 1 amide bonds. The second-order valence-electron chi connectivity index (χ2n) is 8.85. The summed E-state index contributed by atoms with van der Waals surface area (Å²) in [6.45, 7) is 3.88. The Morgan fingerprint density at radius 1 is 1.13 bits per heavy atom. The van der Waals surface area contributed by atoms with Gasteiger partial charge in [-0.3, -0.25) is 19.9 Å². The largest absolute Gasteiger partial charge is 0.479 e. The van der Waals surface area contributed by atoms with Gasteiger partial charge in [-0.15, -0.1) is 0 Å². The first-order valence-corrected chi connectivity index (χ1v) is 12.3. The van der Waals surface area contributed by atoms with Gasteiger partial charge in [0.15, 0.2) is 0 Å². The minimum atomic E-state index is -0.726. The number of hydrogen-bond donors (Lipinski definition) is 2. The van der Waals surface area contributed by atoms with Gasteiger partial charge in [-0.1, -0.05) is 49.2 Å². The molecule has 3 heterocycles. The molecule has 2 N–H and O–H groups in total. The Balaban J connectivity index is 1.96. The average molecular weight is 557 g/mol. The maximum atomic E-state index is 13.7. The number of halogens is 2. The van der Waals surface area contributed by atoms with Crippen LogP contribution in [-0.2, 0) is 11.8 Å². The topological polar surface area (TPSA) is 122 Å².